The number of rotatable bonds is 8. The minimum absolute atomic E-state index is 0.264. The molecule has 0 rings (SSSR count). The predicted octanol–water partition coefficient (Wildman–Crippen LogP) is 3.17. The third-order valence-electron chi connectivity index (χ3n) is 1.88. The van der Waals surface area contributed by atoms with Crippen molar-refractivity contribution in [2.45, 2.75) is 51.3 Å². The van der Waals surface area contributed by atoms with E-state index in [0.29, 0.717) is 0 Å². The first-order valence-electron chi connectivity index (χ1n) is 5.12. The molecule has 1 atom stereocenters. The topological polar surface area (TPSA) is 12.0 Å². The average Bonchev–Trinajstić information content (AvgIpc) is 2.02. The molecule has 0 saturated heterocycles. The summed E-state index contributed by atoms with van der Waals surface area (Å²) in [6.45, 7) is 6.33. The van der Waals surface area contributed by atoms with Crippen molar-refractivity contribution in [3.8, 4) is 0 Å². The first-order chi connectivity index (χ1) is 5.77. The number of halogens is 1. The van der Waals surface area contributed by atoms with E-state index in [1.54, 1.807) is 0 Å². The molecule has 0 aromatic rings. The molecule has 0 amide bonds. The van der Waals surface area contributed by atoms with Crippen molar-refractivity contribution in [2.24, 2.45) is 0 Å². The highest BCUT2D eigenvalue weighted by Gasteiger charge is 1.93. The first-order valence-corrected chi connectivity index (χ1v) is 5.55. The highest BCUT2D eigenvalue weighted by Crippen LogP contribution is 2.01. The number of unbranched alkanes of at least 4 members (excludes halogenated alkanes) is 4. The molecule has 0 spiro atoms. The Hall–Kier alpha value is 0.250. The Morgan fingerprint density at radius 2 is 1.83 bits per heavy atom. The Morgan fingerprint density at radius 3 is 2.42 bits per heavy atom. The normalized spacial score (nSPS) is 13.2. The van der Waals surface area contributed by atoms with Gasteiger partial charge in [-0.05, 0) is 19.9 Å². The molecule has 0 bridgehead atoms. The summed E-state index contributed by atoms with van der Waals surface area (Å²) in [6, 6.07) is 0. The van der Waals surface area contributed by atoms with Gasteiger partial charge < -0.3 is 5.32 Å². The summed E-state index contributed by atoms with van der Waals surface area (Å²) in [6.07, 6.45) is 6.74. The molecule has 0 aliphatic carbocycles. The van der Waals surface area contributed by atoms with Gasteiger partial charge in [0.05, 0.1) is 0 Å². The van der Waals surface area contributed by atoms with Gasteiger partial charge in [-0.15, -0.1) is 11.6 Å². The van der Waals surface area contributed by atoms with Crippen molar-refractivity contribution in [3.05, 3.63) is 0 Å². The van der Waals surface area contributed by atoms with Crippen LogP contribution in [0.4, 0.5) is 0 Å². The van der Waals surface area contributed by atoms with Crippen LogP contribution in [-0.4, -0.2) is 18.5 Å². The van der Waals surface area contributed by atoms with Gasteiger partial charge in [0, 0.05) is 11.9 Å². The van der Waals surface area contributed by atoms with Gasteiger partial charge in [-0.1, -0.05) is 32.6 Å². The fourth-order valence-corrected chi connectivity index (χ4v) is 1.26. The number of alkyl halides is 1. The van der Waals surface area contributed by atoms with Crippen molar-refractivity contribution in [1.82, 2.24) is 5.32 Å². The van der Waals surface area contributed by atoms with Gasteiger partial charge in [0.15, 0.2) is 0 Å². The van der Waals surface area contributed by atoms with Crippen molar-refractivity contribution < 1.29 is 0 Å². The van der Waals surface area contributed by atoms with Crippen molar-refractivity contribution in [1.29, 1.82) is 0 Å². The standard InChI is InChI=1S/C10H22ClN/c1-3-4-5-6-7-8-12-9-10(2)11/h10,12H,3-9H2,1-2H3. The van der Waals surface area contributed by atoms with Crippen LogP contribution in [0.2, 0.25) is 0 Å². The summed E-state index contributed by atoms with van der Waals surface area (Å²) >= 11 is 5.78. The Kier molecular flexibility index (Phi) is 9.53. The molecule has 0 aliphatic heterocycles. The maximum absolute atomic E-state index is 5.78. The largest absolute Gasteiger partial charge is 0.315 e. The first kappa shape index (κ1) is 12.2. The lowest BCUT2D eigenvalue weighted by molar-refractivity contribution is 0.583. The predicted molar refractivity (Wildman–Crippen MR) is 56.9 cm³/mol. The molecule has 1 N–H and O–H groups in total. The van der Waals surface area contributed by atoms with Crippen LogP contribution in [0.15, 0.2) is 0 Å². The van der Waals surface area contributed by atoms with Gasteiger partial charge in [0.25, 0.3) is 0 Å². The molecular weight excluding hydrogens is 170 g/mol. The fraction of sp³-hybridized carbons (Fsp3) is 1.00. The van der Waals surface area contributed by atoms with Crippen LogP contribution >= 0.6 is 11.6 Å². The van der Waals surface area contributed by atoms with E-state index in [2.05, 4.69) is 12.2 Å². The molecule has 0 fully saturated rings. The maximum atomic E-state index is 5.78. The van der Waals surface area contributed by atoms with Gasteiger partial charge in [0.1, 0.15) is 0 Å². The van der Waals surface area contributed by atoms with E-state index < -0.39 is 0 Å². The lowest BCUT2D eigenvalue weighted by Gasteiger charge is -2.05. The van der Waals surface area contributed by atoms with E-state index >= 15 is 0 Å². The summed E-state index contributed by atoms with van der Waals surface area (Å²) in [4.78, 5) is 0. The second-order valence-electron chi connectivity index (χ2n) is 3.40. The number of hydrogen-bond donors (Lipinski definition) is 1. The molecule has 0 aliphatic rings. The van der Waals surface area contributed by atoms with E-state index in [9.17, 15) is 0 Å². The molecule has 74 valence electrons. The quantitative estimate of drug-likeness (QED) is 0.459. The summed E-state index contributed by atoms with van der Waals surface area (Å²) in [5.41, 5.74) is 0. The van der Waals surface area contributed by atoms with E-state index in [0.717, 1.165) is 13.1 Å². The minimum Gasteiger partial charge on any atom is -0.315 e. The average molecular weight is 192 g/mol. The molecule has 0 radical (unpaired) electrons. The molecule has 0 saturated carbocycles. The Balaban J connectivity index is 2.82. The molecule has 0 aromatic heterocycles. The smallest absolute Gasteiger partial charge is 0.0432 e. The molecular formula is C10H22ClN. The van der Waals surface area contributed by atoms with Gasteiger partial charge >= 0.3 is 0 Å². The van der Waals surface area contributed by atoms with Crippen molar-refractivity contribution >= 4 is 11.6 Å². The zero-order valence-corrected chi connectivity index (χ0v) is 9.16. The van der Waals surface area contributed by atoms with E-state index in [-0.39, 0.29) is 5.38 Å². The van der Waals surface area contributed by atoms with Crippen LogP contribution < -0.4 is 5.32 Å². The molecule has 12 heavy (non-hydrogen) atoms. The number of hydrogen-bond acceptors (Lipinski definition) is 1. The van der Waals surface area contributed by atoms with Crippen LogP contribution in [0.5, 0.6) is 0 Å². The van der Waals surface area contributed by atoms with Crippen LogP contribution in [0.25, 0.3) is 0 Å². The Bertz CT molecular complexity index is 83.9. The Morgan fingerprint density at radius 1 is 1.17 bits per heavy atom. The molecule has 1 unspecified atom stereocenters. The van der Waals surface area contributed by atoms with E-state index in [1.165, 1.54) is 32.1 Å². The highest BCUT2D eigenvalue weighted by atomic mass is 35.5. The molecule has 0 heterocycles. The van der Waals surface area contributed by atoms with Crippen LogP contribution in [0.1, 0.15) is 46.0 Å². The summed E-state index contributed by atoms with van der Waals surface area (Å²) in [5.74, 6) is 0. The van der Waals surface area contributed by atoms with Gasteiger partial charge in [0.2, 0.25) is 0 Å². The fourth-order valence-electron chi connectivity index (χ4n) is 1.15. The highest BCUT2D eigenvalue weighted by molar-refractivity contribution is 6.20. The molecule has 0 aromatic carbocycles. The zero-order chi connectivity index (χ0) is 9.23. The third kappa shape index (κ3) is 10.2. The van der Waals surface area contributed by atoms with E-state index in [1.807, 2.05) is 6.92 Å². The lowest BCUT2D eigenvalue weighted by Crippen LogP contribution is -2.22. The minimum atomic E-state index is 0.264. The summed E-state index contributed by atoms with van der Waals surface area (Å²) in [5, 5.41) is 3.59. The van der Waals surface area contributed by atoms with Gasteiger partial charge in [-0.3, -0.25) is 0 Å². The second-order valence-corrected chi connectivity index (χ2v) is 4.14. The third-order valence-corrected chi connectivity index (χ3v) is 2.04. The van der Waals surface area contributed by atoms with Crippen molar-refractivity contribution in [2.75, 3.05) is 13.1 Å². The van der Waals surface area contributed by atoms with E-state index in [4.69, 9.17) is 11.6 Å². The van der Waals surface area contributed by atoms with Gasteiger partial charge in [-0.2, -0.15) is 0 Å². The molecule has 2 heteroatoms. The second kappa shape index (κ2) is 9.34. The van der Waals surface area contributed by atoms with Crippen molar-refractivity contribution in [3.63, 3.8) is 0 Å². The maximum Gasteiger partial charge on any atom is 0.0432 e. The summed E-state index contributed by atoms with van der Waals surface area (Å²) < 4.78 is 0. The number of nitrogens with one attached hydrogen (secondary N) is 1. The lowest BCUT2D eigenvalue weighted by atomic mass is 10.1. The van der Waals surface area contributed by atoms with Gasteiger partial charge in [-0.25, -0.2) is 0 Å². The van der Waals surface area contributed by atoms with Crippen LogP contribution in [0, 0.1) is 0 Å². The van der Waals surface area contributed by atoms with Crippen LogP contribution in [-0.2, 0) is 0 Å². The SMILES string of the molecule is CCCCCCCNCC(C)Cl. The van der Waals surface area contributed by atoms with Crippen LogP contribution in [0.3, 0.4) is 0 Å². The monoisotopic (exact) mass is 191 g/mol. The molecule has 1 nitrogen and oxygen atoms in total. The summed E-state index contributed by atoms with van der Waals surface area (Å²) in [7, 11) is 0. The Labute approximate surface area is 81.9 Å². The zero-order valence-electron chi connectivity index (χ0n) is 8.41.